The van der Waals surface area contributed by atoms with Crippen LogP contribution in [0.4, 0.5) is 5.69 Å². The zero-order valence-corrected chi connectivity index (χ0v) is 10.1. The highest BCUT2D eigenvalue weighted by Gasteiger charge is 2.36. The number of carbonyl (C=O) groups excluding carboxylic acids is 1. The minimum Gasteiger partial charge on any atom is -0.478 e. The van der Waals surface area contributed by atoms with Crippen molar-refractivity contribution in [3.8, 4) is 0 Å². The lowest BCUT2D eigenvalue weighted by atomic mass is 9.96. The van der Waals surface area contributed by atoms with E-state index in [1.54, 1.807) is 17.0 Å². The Morgan fingerprint density at radius 2 is 2.06 bits per heavy atom. The third-order valence-electron chi connectivity index (χ3n) is 3.67. The number of carbonyl (C=O) groups is 2. The van der Waals surface area contributed by atoms with Gasteiger partial charge in [0.1, 0.15) is 0 Å². The fraction of sp³-hybridized carbons (Fsp3) is 0.429. The molecule has 1 saturated carbocycles. The molecule has 4 heteroatoms. The van der Waals surface area contributed by atoms with E-state index in [1.165, 1.54) is 0 Å². The second kappa shape index (κ2) is 4.12. The number of amides is 1. The number of hydrogen-bond donors (Lipinski definition) is 1. The van der Waals surface area contributed by atoms with E-state index in [-0.39, 0.29) is 11.8 Å². The highest BCUT2D eigenvalue weighted by atomic mass is 16.4. The molecule has 1 N–H and O–H groups in total. The number of fused-ring (bicyclic) bond motifs is 1. The maximum Gasteiger partial charge on any atom is 0.336 e. The van der Waals surface area contributed by atoms with Crippen LogP contribution in [0, 0.1) is 5.92 Å². The average Bonchev–Trinajstić information content (AvgIpc) is 3.20. The largest absolute Gasteiger partial charge is 0.478 e. The molecule has 1 heterocycles. The van der Waals surface area contributed by atoms with Crippen LogP contribution in [-0.4, -0.2) is 23.5 Å². The molecule has 18 heavy (non-hydrogen) atoms. The zero-order valence-electron chi connectivity index (χ0n) is 10.1. The number of benzene rings is 1. The standard InChI is InChI=1S/C14H15NO3/c16-13(9-6-7-9)15-8-2-4-10-11(14(17)18)3-1-5-12(10)15/h1,3,5,9H,2,4,6-8H2,(H,17,18). The summed E-state index contributed by atoms with van der Waals surface area (Å²) in [5, 5.41) is 9.18. The molecule has 0 bridgehead atoms. The Morgan fingerprint density at radius 3 is 2.72 bits per heavy atom. The van der Waals surface area contributed by atoms with Crippen LogP contribution in [0.1, 0.15) is 35.2 Å². The lowest BCUT2D eigenvalue weighted by molar-refractivity contribution is -0.119. The normalized spacial score (nSPS) is 18.3. The van der Waals surface area contributed by atoms with Crippen molar-refractivity contribution in [2.45, 2.75) is 25.7 Å². The summed E-state index contributed by atoms with van der Waals surface area (Å²) < 4.78 is 0. The fourth-order valence-corrected chi connectivity index (χ4v) is 2.60. The first-order chi connectivity index (χ1) is 8.68. The Kier molecular flexibility index (Phi) is 2.58. The number of anilines is 1. The summed E-state index contributed by atoms with van der Waals surface area (Å²) in [6.45, 7) is 0.714. The first-order valence-electron chi connectivity index (χ1n) is 6.35. The number of aromatic carboxylic acids is 1. The molecule has 3 rings (SSSR count). The topological polar surface area (TPSA) is 57.6 Å². The predicted octanol–water partition coefficient (Wildman–Crippen LogP) is 2.07. The molecule has 1 fully saturated rings. The monoisotopic (exact) mass is 245 g/mol. The van der Waals surface area contributed by atoms with E-state index >= 15 is 0 Å². The smallest absolute Gasteiger partial charge is 0.336 e. The Balaban J connectivity index is 2.02. The van der Waals surface area contributed by atoms with Crippen LogP contribution in [0.2, 0.25) is 0 Å². The van der Waals surface area contributed by atoms with Crippen molar-refractivity contribution < 1.29 is 14.7 Å². The lowest BCUT2D eigenvalue weighted by Crippen LogP contribution is -2.37. The van der Waals surface area contributed by atoms with Crippen LogP contribution in [0.5, 0.6) is 0 Å². The molecule has 0 saturated heterocycles. The van der Waals surface area contributed by atoms with Crippen molar-refractivity contribution in [1.29, 1.82) is 0 Å². The average molecular weight is 245 g/mol. The molecule has 2 aliphatic rings. The summed E-state index contributed by atoms with van der Waals surface area (Å²) in [7, 11) is 0. The Labute approximate surface area is 105 Å². The van der Waals surface area contributed by atoms with Crippen molar-refractivity contribution in [1.82, 2.24) is 0 Å². The Hall–Kier alpha value is -1.84. The van der Waals surface area contributed by atoms with Gasteiger partial charge in [-0.3, -0.25) is 4.79 Å². The number of carboxylic acids is 1. The van der Waals surface area contributed by atoms with Gasteiger partial charge in [0.05, 0.1) is 5.56 Å². The van der Waals surface area contributed by atoms with Crippen molar-refractivity contribution in [2.24, 2.45) is 5.92 Å². The van der Waals surface area contributed by atoms with E-state index < -0.39 is 5.97 Å². The lowest BCUT2D eigenvalue weighted by Gasteiger charge is -2.30. The van der Waals surface area contributed by atoms with E-state index in [0.29, 0.717) is 12.1 Å². The van der Waals surface area contributed by atoms with Crippen LogP contribution < -0.4 is 4.90 Å². The molecule has 94 valence electrons. The molecular weight excluding hydrogens is 230 g/mol. The van der Waals surface area contributed by atoms with Gasteiger partial charge in [0.25, 0.3) is 0 Å². The summed E-state index contributed by atoms with van der Waals surface area (Å²) in [5.41, 5.74) is 1.95. The third-order valence-corrected chi connectivity index (χ3v) is 3.67. The predicted molar refractivity (Wildman–Crippen MR) is 66.8 cm³/mol. The summed E-state index contributed by atoms with van der Waals surface area (Å²) >= 11 is 0. The van der Waals surface area contributed by atoms with Gasteiger partial charge in [0, 0.05) is 18.2 Å². The molecule has 1 aromatic carbocycles. The first kappa shape index (κ1) is 11.3. The molecule has 1 aliphatic heterocycles. The molecule has 1 aliphatic carbocycles. The van der Waals surface area contributed by atoms with Gasteiger partial charge < -0.3 is 10.0 Å². The van der Waals surface area contributed by atoms with Crippen molar-refractivity contribution >= 4 is 17.6 Å². The van der Waals surface area contributed by atoms with Gasteiger partial charge in [-0.25, -0.2) is 4.79 Å². The summed E-state index contributed by atoms with van der Waals surface area (Å²) in [4.78, 5) is 25.2. The molecule has 1 amide bonds. The number of nitrogens with zero attached hydrogens (tertiary/aromatic N) is 1. The van der Waals surface area contributed by atoms with E-state index in [4.69, 9.17) is 0 Å². The summed E-state index contributed by atoms with van der Waals surface area (Å²) in [5.74, 6) is -0.574. The van der Waals surface area contributed by atoms with E-state index in [1.807, 2.05) is 6.07 Å². The van der Waals surface area contributed by atoms with Gasteiger partial charge in [-0.15, -0.1) is 0 Å². The SMILES string of the molecule is O=C(O)c1cccc2c1CCCN2C(=O)C1CC1. The summed E-state index contributed by atoms with van der Waals surface area (Å²) in [6, 6.07) is 5.20. The van der Waals surface area contributed by atoms with Crippen LogP contribution in [0.15, 0.2) is 18.2 Å². The number of carboxylic acid groups (broad SMARTS) is 1. The van der Waals surface area contributed by atoms with E-state index in [9.17, 15) is 14.7 Å². The van der Waals surface area contributed by atoms with Crippen LogP contribution >= 0.6 is 0 Å². The molecule has 0 radical (unpaired) electrons. The van der Waals surface area contributed by atoms with Crippen molar-refractivity contribution in [3.63, 3.8) is 0 Å². The highest BCUT2D eigenvalue weighted by Crippen LogP contribution is 2.36. The fourth-order valence-electron chi connectivity index (χ4n) is 2.60. The van der Waals surface area contributed by atoms with Gasteiger partial charge >= 0.3 is 5.97 Å². The van der Waals surface area contributed by atoms with Crippen LogP contribution in [0.25, 0.3) is 0 Å². The molecule has 4 nitrogen and oxygen atoms in total. The minimum atomic E-state index is -0.910. The van der Waals surface area contributed by atoms with Gasteiger partial charge in [-0.05, 0) is 43.4 Å². The maximum absolute atomic E-state index is 12.2. The molecular formula is C14H15NO3. The van der Waals surface area contributed by atoms with E-state index in [2.05, 4.69) is 0 Å². The van der Waals surface area contributed by atoms with Crippen LogP contribution in [-0.2, 0) is 11.2 Å². The van der Waals surface area contributed by atoms with E-state index in [0.717, 1.165) is 36.9 Å². The van der Waals surface area contributed by atoms with Gasteiger partial charge in [-0.1, -0.05) is 6.07 Å². The Bertz CT molecular complexity index is 520. The van der Waals surface area contributed by atoms with Gasteiger partial charge in [-0.2, -0.15) is 0 Å². The van der Waals surface area contributed by atoms with Crippen molar-refractivity contribution in [2.75, 3.05) is 11.4 Å². The quantitative estimate of drug-likeness (QED) is 0.867. The van der Waals surface area contributed by atoms with Gasteiger partial charge in [0.15, 0.2) is 0 Å². The second-order valence-corrected chi connectivity index (χ2v) is 4.98. The first-order valence-corrected chi connectivity index (χ1v) is 6.35. The maximum atomic E-state index is 12.2. The molecule has 1 aromatic rings. The second-order valence-electron chi connectivity index (χ2n) is 4.98. The summed E-state index contributed by atoms with van der Waals surface area (Å²) in [6.07, 6.45) is 3.54. The highest BCUT2D eigenvalue weighted by molar-refractivity contribution is 6.00. The minimum absolute atomic E-state index is 0.165. The zero-order chi connectivity index (χ0) is 12.7. The van der Waals surface area contributed by atoms with Crippen LogP contribution in [0.3, 0.4) is 0 Å². The Morgan fingerprint density at radius 1 is 1.28 bits per heavy atom. The number of rotatable bonds is 2. The molecule has 0 unspecified atom stereocenters. The van der Waals surface area contributed by atoms with Crippen molar-refractivity contribution in [3.05, 3.63) is 29.3 Å². The number of hydrogen-bond acceptors (Lipinski definition) is 2. The van der Waals surface area contributed by atoms with Gasteiger partial charge in [0.2, 0.25) is 5.91 Å². The molecule has 0 aromatic heterocycles. The molecule has 0 atom stereocenters. The third kappa shape index (κ3) is 1.78. The molecule has 0 spiro atoms.